The van der Waals surface area contributed by atoms with E-state index in [1.807, 2.05) is 49.4 Å². The average molecular weight is 484 g/mol. The lowest BCUT2D eigenvalue weighted by Crippen LogP contribution is -2.65. The van der Waals surface area contributed by atoms with E-state index in [0.717, 1.165) is 60.5 Å². The zero-order valence-electron chi connectivity index (χ0n) is 20.1. The maximum atomic E-state index is 13.9. The van der Waals surface area contributed by atoms with Gasteiger partial charge in [-0.3, -0.25) is 4.90 Å². The van der Waals surface area contributed by atoms with E-state index in [9.17, 15) is 4.79 Å². The first-order valence-electron chi connectivity index (χ1n) is 12.7. The van der Waals surface area contributed by atoms with E-state index in [0.29, 0.717) is 19.1 Å². The summed E-state index contributed by atoms with van der Waals surface area (Å²) < 4.78 is 13.1. The van der Waals surface area contributed by atoms with Crippen LogP contribution in [0.5, 0.6) is 0 Å². The van der Waals surface area contributed by atoms with Crippen molar-refractivity contribution in [3.05, 3.63) is 70.7 Å². The highest BCUT2D eigenvalue weighted by atomic mass is 35.5. The fourth-order valence-corrected chi connectivity index (χ4v) is 6.40. The van der Waals surface area contributed by atoms with Gasteiger partial charge in [0.1, 0.15) is 12.1 Å². The van der Waals surface area contributed by atoms with Crippen LogP contribution in [-0.4, -0.2) is 73.9 Å². The average Bonchev–Trinajstić information content (AvgIpc) is 2.89. The number of ether oxygens (including phenoxy) is 2. The summed E-state index contributed by atoms with van der Waals surface area (Å²) in [6, 6.07) is 18.3. The molecule has 2 bridgehead atoms. The summed E-state index contributed by atoms with van der Waals surface area (Å²) in [5.74, 6) is 0.354. The largest absolute Gasteiger partial charge is 0.454 e. The summed E-state index contributed by atoms with van der Waals surface area (Å²) in [6.45, 7) is 9.13. The summed E-state index contributed by atoms with van der Waals surface area (Å²) in [7, 11) is 0. The third kappa shape index (κ3) is 4.76. The van der Waals surface area contributed by atoms with Crippen molar-refractivity contribution < 1.29 is 18.8 Å². The highest BCUT2D eigenvalue weighted by Gasteiger charge is 2.50. The Morgan fingerprint density at radius 3 is 2.56 bits per heavy atom. The quantitative estimate of drug-likeness (QED) is 0.435. The first-order chi connectivity index (χ1) is 16.5. The molecule has 0 N–H and O–H groups in total. The van der Waals surface area contributed by atoms with E-state index in [-0.39, 0.29) is 12.1 Å². The molecule has 0 aromatic heterocycles. The highest BCUT2D eigenvalue weighted by Crippen LogP contribution is 2.38. The van der Waals surface area contributed by atoms with Crippen LogP contribution >= 0.6 is 11.6 Å². The molecule has 0 aliphatic carbocycles. The number of carbonyl (C=O) groups excluding carboxylic acids is 1. The van der Waals surface area contributed by atoms with Crippen LogP contribution in [0.4, 0.5) is 0 Å². The molecule has 182 valence electrons. The number of benzene rings is 2. The van der Waals surface area contributed by atoms with Crippen molar-refractivity contribution in [2.45, 2.75) is 37.8 Å². The van der Waals surface area contributed by atoms with Gasteiger partial charge in [-0.15, -0.1) is 0 Å². The zero-order chi connectivity index (χ0) is 23.6. The van der Waals surface area contributed by atoms with Crippen LogP contribution in [0.3, 0.4) is 0 Å². The first kappa shape index (κ1) is 23.8. The Hall–Kier alpha value is -1.92. The summed E-state index contributed by atoms with van der Waals surface area (Å²) in [5, 5.41) is 0.796. The lowest BCUT2D eigenvalue weighted by atomic mass is 9.82. The van der Waals surface area contributed by atoms with Gasteiger partial charge >= 0.3 is 5.97 Å². The molecule has 4 aliphatic heterocycles. The van der Waals surface area contributed by atoms with Crippen LogP contribution in [0.25, 0.3) is 0 Å². The molecule has 2 atom stereocenters. The van der Waals surface area contributed by atoms with E-state index in [1.54, 1.807) is 0 Å². The SMILES string of the molecule is CC(C(=O)O[C@H]1C[N+]2(CCc3cccc(Cl)c3)CCC1CC2)(c1ccccc1)N1CCOCC1. The molecule has 4 aliphatic rings. The second-order valence-corrected chi connectivity index (χ2v) is 10.8. The van der Waals surface area contributed by atoms with Gasteiger partial charge in [-0.05, 0) is 30.2 Å². The molecule has 4 fully saturated rings. The predicted molar refractivity (Wildman–Crippen MR) is 134 cm³/mol. The van der Waals surface area contributed by atoms with Crippen molar-refractivity contribution in [2.24, 2.45) is 5.92 Å². The van der Waals surface area contributed by atoms with Gasteiger partial charge in [0.25, 0.3) is 0 Å². The van der Waals surface area contributed by atoms with Crippen LogP contribution in [0.15, 0.2) is 54.6 Å². The van der Waals surface area contributed by atoms with Crippen molar-refractivity contribution in [3.8, 4) is 0 Å². The third-order valence-electron chi connectivity index (χ3n) is 8.44. The number of hydrogen-bond donors (Lipinski definition) is 0. The zero-order valence-corrected chi connectivity index (χ0v) is 20.9. The smallest absolute Gasteiger partial charge is 0.331 e. The molecule has 4 heterocycles. The molecule has 0 saturated carbocycles. The van der Waals surface area contributed by atoms with E-state index >= 15 is 0 Å². The molecule has 0 radical (unpaired) electrons. The van der Waals surface area contributed by atoms with E-state index in [2.05, 4.69) is 17.0 Å². The Morgan fingerprint density at radius 1 is 1.12 bits per heavy atom. The molecule has 6 heteroatoms. The van der Waals surface area contributed by atoms with Gasteiger partial charge in [0, 0.05) is 43.3 Å². The lowest BCUT2D eigenvalue weighted by Gasteiger charge is -2.52. The van der Waals surface area contributed by atoms with Gasteiger partial charge < -0.3 is 14.0 Å². The predicted octanol–water partition coefficient (Wildman–Crippen LogP) is 4.28. The van der Waals surface area contributed by atoms with Gasteiger partial charge in [-0.2, -0.15) is 0 Å². The molecule has 6 rings (SSSR count). The van der Waals surface area contributed by atoms with Crippen LogP contribution < -0.4 is 0 Å². The van der Waals surface area contributed by atoms with Gasteiger partial charge in [0.15, 0.2) is 6.10 Å². The fraction of sp³-hybridized carbons (Fsp3) is 0.536. The number of morpholine rings is 1. The number of quaternary nitrogens is 1. The van der Waals surface area contributed by atoms with Gasteiger partial charge in [0.05, 0.1) is 32.8 Å². The number of halogens is 1. The Balaban J connectivity index is 1.31. The molecule has 2 aromatic carbocycles. The van der Waals surface area contributed by atoms with Crippen LogP contribution in [0.2, 0.25) is 5.02 Å². The number of fused-ring (bicyclic) bond motifs is 3. The summed E-state index contributed by atoms with van der Waals surface area (Å²) in [5.41, 5.74) is 1.47. The van der Waals surface area contributed by atoms with Crippen molar-refractivity contribution in [3.63, 3.8) is 0 Å². The fourth-order valence-electron chi connectivity index (χ4n) is 6.18. The number of hydrogen-bond acceptors (Lipinski definition) is 4. The normalized spacial score (nSPS) is 28.9. The summed E-state index contributed by atoms with van der Waals surface area (Å²) in [6.07, 6.45) is 3.25. The number of esters is 1. The van der Waals surface area contributed by atoms with Crippen molar-refractivity contribution in [2.75, 3.05) is 52.5 Å². The minimum Gasteiger partial charge on any atom is -0.454 e. The number of nitrogens with zero attached hydrogens (tertiary/aromatic N) is 2. The number of piperidine rings is 3. The van der Waals surface area contributed by atoms with Crippen LogP contribution in [0.1, 0.15) is 30.9 Å². The van der Waals surface area contributed by atoms with E-state index in [4.69, 9.17) is 21.1 Å². The lowest BCUT2D eigenvalue weighted by molar-refractivity contribution is -0.946. The van der Waals surface area contributed by atoms with Gasteiger partial charge in [0.2, 0.25) is 0 Å². The highest BCUT2D eigenvalue weighted by molar-refractivity contribution is 6.30. The minimum absolute atomic E-state index is 0.0153. The Kier molecular flexibility index (Phi) is 6.99. The molecular weight excluding hydrogens is 448 g/mol. The minimum atomic E-state index is -0.803. The summed E-state index contributed by atoms with van der Waals surface area (Å²) in [4.78, 5) is 16.1. The standard InChI is InChI=1S/C28H36ClN2O3/c1-28(24-7-3-2-4-8-24,30-13-18-33-19-14-30)27(32)34-26-21-31(16-11-23(26)12-17-31)15-10-22-6-5-9-25(29)20-22/h2-9,20,23,26H,10-19,21H2,1H3/q+1/t23?,26-,28?,31?/m0/s1. The van der Waals surface area contributed by atoms with Crippen molar-refractivity contribution >= 4 is 17.6 Å². The monoisotopic (exact) mass is 483 g/mol. The maximum absolute atomic E-state index is 13.9. The Bertz CT molecular complexity index is 986. The molecule has 2 aromatic rings. The second kappa shape index (κ2) is 9.98. The second-order valence-electron chi connectivity index (χ2n) is 10.4. The third-order valence-corrected chi connectivity index (χ3v) is 8.68. The van der Waals surface area contributed by atoms with Crippen LogP contribution in [0, 0.1) is 5.92 Å². The molecule has 1 unspecified atom stereocenters. The van der Waals surface area contributed by atoms with Crippen molar-refractivity contribution in [1.29, 1.82) is 0 Å². The van der Waals surface area contributed by atoms with Gasteiger partial charge in [-0.1, -0.05) is 54.1 Å². The Morgan fingerprint density at radius 2 is 1.85 bits per heavy atom. The topological polar surface area (TPSA) is 38.8 Å². The van der Waals surface area contributed by atoms with E-state index < -0.39 is 5.54 Å². The molecular formula is C28H36ClN2O3+. The first-order valence-corrected chi connectivity index (χ1v) is 13.1. The molecule has 5 nitrogen and oxygen atoms in total. The molecule has 0 spiro atoms. The number of rotatable bonds is 7. The maximum Gasteiger partial charge on any atom is 0.331 e. The molecule has 4 saturated heterocycles. The van der Waals surface area contributed by atoms with E-state index in [1.165, 1.54) is 18.7 Å². The number of carbonyl (C=O) groups is 1. The Labute approximate surface area is 208 Å². The summed E-state index contributed by atoms with van der Waals surface area (Å²) >= 11 is 6.21. The van der Waals surface area contributed by atoms with Crippen LogP contribution in [-0.2, 0) is 26.2 Å². The van der Waals surface area contributed by atoms with Crippen molar-refractivity contribution in [1.82, 2.24) is 4.90 Å². The molecule has 0 amide bonds. The molecule has 34 heavy (non-hydrogen) atoms. The van der Waals surface area contributed by atoms with Gasteiger partial charge in [-0.25, -0.2) is 4.79 Å².